The van der Waals surface area contributed by atoms with Crippen LogP contribution in [0.3, 0.4) is 0 Å². The van der Waals surface area contributed by atoms with E-state index >= 15 is 0 Å². The molecular formula is C24H31N3O3. The van der Waals surface area contributed by atoms with Gasteiger partial charge in [-0.2, -0.15) is 0 Å². The normalized spacial score (nSPS) is 18.7. The van der Waals surface area contributed by atoms with Gasteiger partial charge in [0.1, 0.15) is 0 Å². The summed E-state index contributed by atoms with van der Waals surface area (Å²) in [6.07, 6.45) is 3.31. The van der Waals surface area contributed by atoms with E-state index in [4.69, 9.17) is 9.47 Å². The van der Waals surface area contributed by atoms with Crippen LogP contribution >= 0.6 is 0 Å². The molecule has 2 aliphatic heterocycles. The molecule has 2 heterocycles. The summed E-state index contributed by atoms with van der Waals surface area (Å²) in [5.74, 6) is 1.42. The second kappa shape index (κ2) is 9.39. The summed E-state index contributed by atoms with van der Waals surface area (Å²) in [5, 5.41) is 3.15. The van der Waals surface area contributed by atoms with Gasteiger partial charge in [-0.3, -0.25) is 0 Å². The van der Waals surface area contributed by atoms with Gasteiger partial charge in [0, 0.05) is 19.6 Å². The highest BCUT2D eigenvalue weighted by Gasteiger charge is 2.33. The van der Waals surface area contributed by atoms with Crippen molar-refractivity contribution in [3.8, 4) is 11.5 Å². The number of carbonyl (C=O) groups excluding carboxylic acids is 1. The van der Waals surface area contributed by atoms with Gasteiger partial charge >= 0.3 is 6.03 Å². The molecule has 1 N–H and O–H groups in total. The first-order chi connectivity index (χ1) is 14.7. The van der Waals surface area contributed by atoms with E-state index in [2.05, 4.69) is 22.3 Å². The van der Waals surface area contributed by atoms with Crippen LogP contribution in [0.2, 0.25) is 0 Å². The minimum atomic E-state index is -0.151. The fraction of sp³-hybridized carbons (Fsp3) is 0.458. The van der Waals surface area contributed by atoms with E-state index in [1.165, 1.54) is 18.4 Å². The maximum absolute atomic E-state index is 13.2. The molecular weight excluding hydrogens is 378 g/mol. The van der Waals surface area contributed by atoms with Crippen LogP contribution < -0.4 is 14.8 Å². The second-order valence-electron chi connectivity index (χ2n) is 7.94. The Kier molecular flexibility index (Phi) is 6.43. The van der Waals surface area contributed by atoms with Crippen molar-refractivity contribution in [2.24, 2.45) is 0 Å². The second-order valence-corrected chi connectivity index (χ2v) is 7.94. The Bertz CT molecular complexity index is 865. The van der Waals surface area contributed by atoms with Gasteiger partial charge in [0.2, 0.25) is 0 Å². The third kappa shape index (κ3) is 4.24. The summed E-state index contributed by atoms with van der Waals surface area (Å²) < 4.78 is 11.1. The topological polar surface area (TPSA) is 54.0 Å². The lowest BCUT2D eigenvalue weighted by Gasteiger charge is -2.38. The molecule has 2 aliphatic rings. The van der Waals surface area contributed by atoms with Crippen LogP contribution in [-0.2, 0) is 6.42 Å². The molecule has 0 aromatic heterocycles. The predicted octanol–water partition coefficient (Wildman–Crippen LogP) is 3.46. The molecule has 0 aliphatic carbocycles. The molecule has 0 radical (unpaired) electrons. The van der Waals surface area contributed by atoms with Crippen LogP contribution in [0.5, 0.6) is 11.5 Å². The van der Waals surface area contributed by atoms with Crippen molar-refractivity contribution in [2.45, 2.75) is 25.3 Å². The van der Waals surface area contributed by atoms with Crippen molar-refractivity contribution in [2.75, 3.05) is 46.9 Å². The molecule has 2 aromatic rings. The Morgan fingerprint density at radius 1 is 1.03 bits per heavy atom. The van der Waals surface area contributed by atoms with Gasteiger partial charge in [-0.1, -0.05) is 30.3 Å². The van der Waals surface area contributed by atoms with Crippen LogP contribution in [0.4, 0.5) is 4.79 Å². The summed E-state index contributed by atoms with van der Waals surface area (Å²) in [5.41, 5.74) is 3.39. The molecule has 2 aromatic carbocycles. The monoisotopic (exact) mass is 409 g/mol. The first kappa shape index (κ1) is 20.5. The molecule has 0 spiro atoms. The molecule has 0 saturated carbocycles. The van der Waals surface area contributed by atoms with Crippen LogP contribution in [0, 0.1) is 0 Å². The smallest absolute Gasteiger partial charge is 0.318 e. The molecule has 1 unspecified atom stereocenters. The van der Waals surface area contributed by atoms with Crippen LogP contribution in [0.1, 0.15) is 35.6 Å². The van der Waals surface area contributed by atoms with E-state index in [0.717, 1.165) is 42.9 Å². The number of hydrogen-bond acceptors (Lipinski definition) is 4. The quantitative estimate of drug-likeness (QED) is 0.794. The average Bonchev–Trinajstić information content (AvgIpc) is 3.31. The van der Waals surface area contributed by atoms with Crippen molar-refractivity contribution >= 4 is 6.03 Å². The van der Waals surface area contributed by atoms with E-state index < -0.39 is 0 Å². The molecule has 160 valence electrons. The zero-order chi connectivity index (χ0) is 20.9. The summed E-state index contributed by atoms with van der Waals surface area (Å²) in [6, 6.07) is 14.1. The minimum Gasteiger partial charge on any atom is -0.493 e. The number of likely N-dealkylation sites (tertiary alicyclic amines) is 1. The number of nitrogens with one attached hydrogen (secondary N) is 1. The van der Waals surface area contributed by atoms with E-state index in [1.807, 2.05) is 35.2 Å². The Balaban J connectivity index is 1.60. The molecule has 30 heavy (non-hydrogen) atoms. The number of methoxy groups -OCH3 is 2. The van der Waals surface area contributed by atoms with Crippen LogP contribution in [0.25, 0.3) is 0 Å². The zero-order valence-electron chi connectivity index (χ0n) is 17.9. The van der Waals surface area contributed by atoms with E-state index in [0.29, 0.717) is 18.8 Å². The number of fused-ring (bicyclic) bond motifs is 1. The predicted molar refractivity (Wildman–Crippen MR) is 117 cm³/mol. The van der Waals surface area contributed by atoms with Gasteiger partial charge in [-0.25, -0.2) is 4.79 Å². The number of nitrogens with zero attached hydrogens (tertiary/aromatic N) is 2. The van der Waals surface area contributed by atoms with E-state index in [1.54, 1.807) is 14.2 Å². The fourth-order valence-electron chi connectivity index (χ4n) is 4.59. The van der Waals surface area contributed by atoms with Gasteiger partial charge in [-0.05, 0) is 61.2 Å². The third-order valence-corrected chi connectivity index (χ3v) is 6.15. The lowest BCUT2D eigenvalue weighted by Crippen LogP contribution is -2.47. The maximum atomic E-state index is 13.2. The third-order valence-electron chi connectivity index (χ3n) is 6.15. The molecule has 6 nitrogen and oxygen atoms in total. The number of ether oxygens (including phenoxy) is 2. The summed E-state index contributed by atoms with van der Waals surface area (Å²) in [7, 11) is 3.30. The first-order valence-electron chi connectivity index (χ1n) is 10.8. The first-order valence-corrected chi connectivity index (χ1v) is 10.8. The Morgan fingerprint density at radius 2 is 1.73 bits per heavy atom. The number of amides is 2. The SMILES string of the molecule is COc1cc2c(cc1OC)C(c1ccccc1)N(C(=O)NCCN1CCCC1)CC2. The maximum Gasteiger partial charge on any atom is 0.318 e. The molecule has 0 bridgehead atoms. The van der Waals surface area contributed by atoms with Gasteiger partial charge in [-0.15, -0.1) is 0 Å². The molecule has 1 saturated heterocycles. The van der Waals surface area contributed by atoms with Crippen molar-refractivity contribution in [1.29, 1.82) is 0 Å². The molecule has 4 rings (SSSR count). The van der Waals surface area contributed by atoms with Crippen molar-refractivity contribution < 1.29 is 14.3 Å². The van der Waals surface area contributed by atoms with E-state index in [9.17, 15) is 4.79 Å². The zero-order valence-corrected chi connectivity index (χ0v) is 17.9. The number of hydrogen-bond donors (Lipinski definition) is 1. The standard InChI is InChI=1S/C24H31N3O3/c1-29-21-16-19-10-14-27(24(28)25-11-15-26-12-6-7-13-26)23(18-8-4-3-5-9-18)20(19)17-22(21)30-2/h3-5,8-9,16-17,23H,6-7,10-15H2,1-2H3,(H,25,28). The summed E-state index contributed by atoms with van der Waals surface area (Å²) >= 11 is 0. The van der Waals surface area contributed by atoms with Crippen LogP contribution in [-0.4, -0.2) is 62.8 Å². The molecule has 1 atom stereocenters. The Morgan fingerprint density at radius 3 is 2.43 bits per heavy atom. The fourth-order valence-corrected chi connectivity index (χ4v) is 4.59. The number of carbonyl (C=O) groups is 1. The number of rotatable bonds is 6. The largest absolute Gasteiger partial charge is 0.493 e. The summed E-state index contributed by atoms with van der Waals surface area (Å²) in [6.45, 7) is 4.53. The average molecular weight is 410 g/mol. The molecule has 1 fully saturated rings. The van der Waals surface area contributed by atoms with Gasteiger partial charge in [0.15, 0.2) is 11.5 Å². The van der Waals surface area contributed by atoms with Gasteiger partial charge < -0.3 is 24.6 Å². The Labute approximate surface area is 178 Å². The van der Waals surface area contributed by atoms with Gasteiger partial charge in [0.25, 0.3) is 0 Å². The highest BCUT2D eigenvalue weighted by molar-refractivity contribution is 5.76. The molecule has 6 heteroatoms. The number of benzene rings is 2. The summed E-state index contributed by atoms with van der Waals surface area (Å²) in [4.78, 5) is 17.5. The highest BCUT2D eigenvalue weighted by Crippen LogP contribution is 2.40. The lowest BCUT2D eigenvalue weighted by molar-refractivity contribution is 0.178. The van der Waals surface area contributed by atoms with E-state index in [-0.39, 0.29) is 12.1 Å². The molecule has 2 amide bonds. The number of urea groups is 1. The van der Waals surface area contributed by atoms with Crippen molar-refractivity contribution in [1.82, 2.24) is 15.1 Å². The van der Waals surface area contributed by atoms with Gasteiger partial charge in [0.05, 0.1) is 20.3 Å². The minimum absolute atomic E-state index is 0.0107. The highest BCUT2D eigenvalue weighted by atomic mass is 16.5. The lowest BCUT2D eigenvalue weighted by atomic mass is 9.88. The Hall–Kier alpha value is -2.73. The van der Waals surface area contributed by atoms with Crippen molar-refractivity contribution in [3.63, 3.8) is 0 Å². The van der Waals surface area contributed by atoms with Crippen LogP contribution in [0.15, 0.2) is 42.5 Å². The van der Waals surface area contributed by atoms with Crippen molar-refractivity contribution in [3.05, 3.63) is 59.2 Å².